The second-order valence-electron chi connectivity index (χ2n) is 3.77. The Balaban J connectivity index is 2.53. The average molecular weight is 334 g/mol. The fourth-order valence-electron chi connectivity index (χ4n) is 1.35. The average Bonchev–Trinajstić information content (AvgIpc) is 2.33. The molecule has 0 fully saturated rings. The standard InChI is InChI=1S/C13H14BrClO3/c1-2-7-18-13(17)6-5-12(16)10-4-3-9(15)8-11(10)14/h3-4,8H,2,5-7H2,1H3. The van der Waals surface area contributed by atoms with Crippen LogP contribution in [0.5, 0.6) is 0 Å². The van der Waals surface area contributed by atoms with Crippen molar-refractivity contribution in [3.63, 3.8) is 0 Å². The number of hydrogen-bond donors (Lipinski definition) is 0. The third-order valence-corrected chi connectivity index (χ3v) is 3.15. The van der Waals surface area contributed by atoms with Crippen LogP contribution in [0.1, 0.15) is 36.5 Å². The van der Waals surface area contributed by atoms with E-state index in [2.05, 4.69) is 15.9 Å². The lowest BCUT2D eigenvalue weighted by atomic mass is 10.1. The highest BCUT2D eigenvalue weighted by Crippen LogP contribution is 2.23. The maximum atomic E-state index is 11.9. The van der Waals surface area contributed by atoms with Gasteiger partial charge in [-0.1, -0.05) is 18.5 Å². The highest BCUT2D eigenvalue weighted by molar-refractivity contribution is 9.10. The van der Waals surface area contributed by atoms with Crippen LogP contribution in [0.25, 0.3) is 0 Å². The Morgan fingerprint density at radius 2 is 2.06 bits per heavy atom. The third-order valence-electron chi connectivity index (χ3n) is 2.25. The van der Waals surface area contributed by atoms with Gasteiger partial charge in [-0.25, -0.2) is 0 Å². The summed E-state index contributed by atoms with van der Waals surface area (Å²) in [6.07, 6.45) is 1.03. The van der Waals surface area contributed by atoms with E-state index in [1.54, 1.807) is 18.2 Å². The van der Waals surface area contributed by atoms with Gasteiger partial charge in [0.15, 0.2) is 5.78 Å². The normalized spacial score (nSPS) is 10.2. The molecule has 0 aliphatic rings. The summed E-state index contributed by atoms with van der Waals surface area (Å²) in [7, 11) is 0. The van der Waals surface area contributed by atoms with E-state index in [-0.39, 0.29) is 24.6 Å². The topological polar surface area (TPSA) is 43.4 Å². The van der Waals surface area contributed by atoms with Crippen LogP contribution in [0.2, 0.25) is 5.02 Å². The number of esters is 1. The molecule has 0 saturated carbocycles. The van der Waals surface area contributed by atoms with E-state index in [9.17, 15) is 9.59 Å². The smallest absolute Gasteiger partial charge is 0.306 e. The van der Waals surface area contributed by atoms with Crippen LogP contribution in [-0.2, 0) is 9.53 Å². The SMILES string of the molecule is CCCOC(=O)CCC(=O)c1ccc(Cl)cc1Br. The minimum atomic E-state index is -0.338. The van der Waals surface area contributed by atoms with Crippen molar-refractivity contribution in [1.82, 2.24) is 0 Å². The Kier molecular flexibility index (Phi) is 6.36. The van der Waals surface area contributed by atoms with Crippen molar-refractivity contribution >= 4 is 39.3 Å². The van der Waals surface area contributed by atoms with Gasteiger partial charge in [0.25, 0.3) is 0 Å². The maximum Gasteiger partial charge on any atom is 0.306 e. The van der Waals surface area contributed by atoms with Crippen LogP contribution < -0.4 is 0 Å². The van der Waals surface area contributed by atoms with Crippen LogP contribution >= 0.6 is 27.5 Å². The van der Waals surface area contributed by atoms with Crippen LogP contribution in [0.3, 0.4) is 0 Å². The summed E-state index contributed by atoms with van der Waals surface area (Å²) >= 11 is 9.07. The highest BCUT2D eigenvalue weighted by atomic mass is 79.9. The molecule has 0 heterocycles. The fraction of sp³-hybridized carbons (Fsp3) is 0.385. The molecule has 1 aromatic carbocycles. The van der Waals surface area contributed by atoms with E-state index in [4.69, 9.17) is 16.3 Å². The monoisotopic (exact) mass is 332 g/mol. The summed E-state index contributed by atoms with van der Waals surface area (Å²) in [4.78, 5) is 23.1. The third kappa shape index (κ3) is 4.78. The molecule has 5 heteroatoms. The second kappa shape index (κ2) is 7.54. The van der Waals surface area contributed by atoms with Crippen molar-refractivity contribution in [3.05, 3.63) is 33.3 Å². The number of Topliss-reactive ketones (excluding diaryl/α,β-unsaturated/α-hetero) is 1. The minimum absolute atomic E-state index is 0.105. The second-order valence-corrected chi connectivity index (χ2v) is 5.06. The molecule has 0 aliphatic heterocycles. The molecule has 0 radical (unpaired) electrons. The molecule has 0 amide bonds. The van der Waals surface area contributed by atoms with Gasteiger partial charge in [-0.3, -0.25) is 9.59 Å². The summed E-state index contributed by atoms with van der Waals surface area (Å²) in [5.41, 5.74) is 0.530. The van der Waals surface area contributed by atoms with Gasteiger partial charge in [-0.05, 0) is 40.5 Å². The lowest BCUT2D eigenvalue weighted by molar-refractivity contribution is -0.143. The van der Waals surface area contributed by atoms with E-state index in [0.717, 1.165) is 6.42 Å². The molecule has 0 spiro atoms. The van der Waals surface area contributed by atoms with Crippen LogP contribution in [-0.4, -0.2) is 18.4 Å². The van der Waals surface area contributed by atoms with Crippen molar-refractivity contribution in [2.75, 3.05) is 6.61 Å². The Morgan fingerprint density at radius 1 is 1.33 bits per heavy atom. The Bertz CT molecular complexity index is 446. The van der Waals surface area contributed by atoms with Crippen LogP contribution in [0, 0.1) is 0 Å². The summed E-state index contributed by atoms with van der Waals surface area (Å²) in [5, 5.41) is 0.556. The van der Waals surface area contributed by atoms with Gasteiger partial charge < -0.3 is 4.74 Å². The first-order valence-corrected chi connectivity index (χ1v) is 6.85. The van der Waals surface area contributed by atoms with Gasteiger partial charge in [0.05, 0.1) is 13.0 Å². The molecule has 0 saturated heterocycles. The summed E-state index contributed by atoms with van der Waals surface area (Å²) in [6, 6.07) is 4.95. The molecule has 0 aliphatic carbocycles. The maximum absolute atomic E-state index is 11.9. The summed E-state index contributed by atoms with van der Waals surface area (Å²) in [5.74, 6) is -0.442. The fourth-order valence-corrected chi connectivity index (χ4v) is 2.26. The molecular weight excluding hydrogens is 319 g/mol. The molecule has 0 N–H and O–H groups in total. The van der Waals surface area contributed by atoms with E-state index in [1.807, 2.05) is 6.92 Å². The molecule has 98 valence electrons. The molecule has 0 aromatic heterocycles. The lowest BCUT2D eigenvalue weighted by Crippen LogP contribution is -2.09. The zero-order chi connectivity index (χ0) is 13.5. The van der Waals surface area contributed by atoms with Crippen LogP contribution in [0.4, 0.5) is 0 Å². The first-order valence-electron chi connectivity index (χ1n) is 5.68. The lowest BCUT2D eigenvalue weighted by Gasteiger charge is -2.05. The molecule has 0 unspecified atom stereocenters. The first kappa shape index (κ1) is 15.2. The van der Waals surface area contributed by atoms with Crippen molar-refractivity contribution in [3.8, 4) is 0 Å². The predicted octanol–water partition coefficient (Wildman–Crippen LogP) is 4.02. The van der Waals surface area contributed by atoms with Crippen LogP contribution in [0.15, 0.2) is 22.7 Å². The van der Waals surface area contributed by atoms with E-state index >= 15 is 0 Å². The van der Waals surface area contributed by atoms with Gasteiger partial charge in [0.2, 0.25) is 0 Å². The molecule has 0 bridgehead atoms. The number of carbonyl (C=O) groups excluding carboxylic acids is 2. The predicted molar refractivity (Wildman–Crippen MR) is 74.0 cm³/mol. The minimum Gasteiger partial charge on any atom is -0.466 e. The van der Waals surface area contributed by atoms with Gasteiger partial charge in [0, 0.05) is 21.5 Å². The van der Waals surface area contributed by atoms with Gasteiger partial charge in [0.1, 0.15) is 0 Å². The molecule has 1 rings (SSSR count). The number of benzene rings is 1. The number of carbonyl (C=O) groups is 2. The molecule has 0 atom stereocenters. The number of ketones is 1. The van der Waals surface area contributed by atoms with Gasteiger partial charge in [-0.2, -0.15) is 0 Å². The quantitative estimate of drug-likeness (QED) is 0.583. The Labute approximate surface area is 120 Å². The van der Waals surface area contributed by atoms with Gasteiger partial charge in [-0.15, -0.1) is 0 Å². The zero-order valence-electron chi connectivity index (χ0n) is 10.0. The zero-order valence-corrected chi connectivity index (χ0v) is 12.4. The largest absolute Gasteiger partial charge is 0.466 e. The Hall–Kier alpha value is -0.870. The van der Waals surface area contributed by atoms with E-state index < -0.39 is 0 Å². The first-order chi connectivity index (χ1) is 8.54. The Morgan fingerprint density at radius 3 is 2.67 bits per heavy atom. The molecule has 18 heavy (non-hydrogen) atoms. The summed E-state index contributed by atoms with van der Waals surface area (Å²) in [6.45, 7) is 2.32. The molecule has 3 nitrogen and oxygen atoms in total. The van der Waals surface area contributed by atoms with E-state index in [0.29, 0.717) is 21.7 Å². The number of ether oxygens (including phenoxy) is 1. The van der Waals surface area contributed by atoms with Gasteiger partial charge >= 0.3 is 5.97 Å². The summed E-state index contributed by atoms with van der Waals surface area (Å²) < 4.78 is 5.54. The molecular formula is C13H14BrClO3. The number of rotatable bonds is 6. The number of hydrogen-bond acceptors (Lipinski definition) is 3. The van der Waals surface area contributed by atoms with Crippen molar-refractivity contribution in [2.45, 2.75) is 26.2 Å². The van der Waals surface area contributed by atoms with Crippen molar-refractivity contribution < 1.29 is 14.3 Å². The molecule has 1 aromatic rings. The van der Waals surface area contributed by atoms with Crippen molar-refractivity contribution in [2.24, 2.45) is 0 Å². The number of halogens is 2. The highest BCUT2D eigenvalue weighted by Gasteiger charge is 2.13. The van der Waals surface area contributed by atoms with Crippen molar-refractivity contribution in [1.29, 1.82) is 0 Å². The van der Waals surface area contributed by atoms with E-state index in [1.165, 1.54) is 0 Å².